The monoisotopic (exact) mass is 537 g/mol. The molecule has 0 bridgehead atoms. The lowest BCUT2D eigenvalue weighted by Gasteiger charge is -2.13. The van der Waals surface area contributed by atoms with E-state index in [0.717, 1.165) is 5.69 Å². The molecule has 0 saturated carbocycles. The molecule has 0 aliphatic heterocycles. The van der Waals surface area contributed by atoms with Crippen molar-refractivity contribution in [3.8, 4) is 11.5 Å². The molecule has 3 aromatic rings. The Morgan fingerprint density at radius 3 is 2.18 bits per heavy atom. The number of benzene rings is 2. The van der Waals surface area contributed by atoms with Crippen LogP contribution in [0.15, 0.2) is 61.2 Å². The number of anilines is 4. The molecule has 1 aromatic heterocycles. The highest BCUT2D eigenvalue weighted by Crippen LogP contribution is 2.30. The van der Waals surface area contributed by atoms with Crippen LogP contribution >= 0.6 is 0 Å². The van der Waals surface area contributed by atoms with Gasteiger partial charge in [0.2, 0.25) is 17.8 Å². The van der Waals surface area contributed by atoms with E-state index in [9.17, 15) is 4.79 Å². The van der Waals surface area contributed by atoms with Gasteiger partial charge in [-0.1, -0.05) is 24.3 Å². The van der Waals surface area contributed by atoms with E-state index in [2.05, 4.69) is 42.8 Å². The lowest BCUT2D eigenvalue weighted by atomic mass is 10.2. The molecular weight excluding hydrogens is 502 g/mol. The summed E-state index contributed by atoms with van der Waals surface area (Å²) in [6, 6.07) is 14.5. The summed E-state index contributed by atoms with van der Waals surface area (Å²) in [5.41, 5.74) is 1.35. The normalized spacial score (nSPS) is 10.4. The Morgan fingerprint density at radius 1 is 0.821 bits per heavy atom. The molecule has 1 heterocycles. The Labute approximate surface area is 228 Å². The van der Waals surface area contributed by atoms with E-state index in [4.69, 9.17) is 18.9 Å². The summed E-state index contributed by atoms with van der Waals surface area (Å²) in [5, 5.41) is 12.2. The summed E-state index contributed by atoms with van der Waals surface area (Å²) >= 11 is 0. The summed E-state index contributed by atoms with van der Waals surface area (Å²) in [5.74, 6) is 2.20. The van der Waals surface area contributed by atoms with Crippen LogP contribution in [-0.2, 0) is 9.47 Å². The third-order valence-electron chi connectivity index (χ3n) is 5.15. The van der Waals surface area contributed by atoms with Gasteiger partial charge >= 0.3 is 0 Å². The first-order valence-electron chi connectivity index (χ1n) is 12.5. The molecule has 1 amide bonds. The molecule has 0 aliphatic carbocycles. The Balaban J connectivity index is 1.39. The van der Waals surface area contributed by atoms with Gasteiger partial charge in [-0.15, -0.1) is 6.58 Å². The molecule has 4 N–H and O–H groups in total. The maximum absolute atomic E-state index is 12.0. The predicted octanol–water partition coefficient (Wildman–Crippen LogP) is 3.11. The molecule has 0 spiro atoms. The van der Waals surface area contributed by atoms with Crippen molar-refractivity contribution in [2.24, 2.45) is 0 Å². The van der Waals surface area contributed by atoms with Crippen LogP contribution in [0.4, 0.5) is 23.5 Å². The molecule has 208 valence electrons. The standard InChI is InChI=1S/C27H35N7O5/c1-4-12-29-25-32-26(34-27(33-25)31-21-10-11-22(36-2)23(19-21)37-3)30-14-16-39-18-17-38-15-13-28-24(35)20-8-6-5-7-9-20/h4-11,19H,1,12-18H2,2-3H3,(H,28,35)(H3,29,30,31,32,33,34). The van der Waals surface area contributed by atoms with Gasteiger partial charge in [-0.25, -0.2) is 0 Å². The zero-order chi connectivity index (χ0) is 27.7. The second kappa shape index (κ2) is 16.4. The molecule has 12 nitrogen and oxygen atoms in total. The fourth-order valence-corrected chi connectivity index (χ4v) is 3.28. The fourth-order valence-electron chi connectivity index (χ4n) is 3.28. The highest BCUT2D eigenvalue weighted by Gasteiger charge is 2.09. The van der Waals surface area contributed by atoms with Crippen molar-refractivity contribution in [1.29, 1.82) is 0 Å². The summed E-state index contributed by atoms with van der Waals surface area (Å²) < 4.78 is 21.8. The Hall–Kier alpha value is -4.42. The van der Waals surface area contributed by atoms with Crippen LogP contribution in [-0.4, -0.2) is 81.1 Å². The number of aromatic nitrogens is 3. The summed E-state index contributed by atoms with van der Waals surface area (Å²) in [4.78, 5) is 25.2. The molecule has 12 heteroatoms. The third kappa shape index (κ3) is 10.1. The second-order valence-electron chi connectivity index (χ2n) is 7.94. The Kier molecular flexibility index (Phi) is 12.3. The van der Waals surface area contributed by atoms with Gasteiger partial charge in [0.05, 0.1) is 40.6 Å². The molecule has 3 rings (SSSR count). The molecule has 0 atom stereocenters. The number of amides is 1. The molecule has 0 unspecified atom stereocenters. The minimum atomic E-state index is -0.121. The first-order chi connectivity index (χ1) is 19.1. The van der Waals surface area contributed by atoms with Crippen molar-refractivity contribution in [1.82, 2.24) is 20.3 Å². The maximum Gasteiger partial charge on any atom is 0.251 e. The highest BCUT2D eigenvalue weighted by molar-refractivity contribution is 5.94. The van der Waals surface area contributed by atoms with Crippen LogP contribution in [0.3, 0.4) is 0 Å². The number of methoxy groups -OCH3 is 2. The zero-order valence-electron chi connectivity index (χ0n) is 22.2. The average molecular weight is 538 g/mol. The predicted molar refractivity (Wildman–Crippen MR) is 150 cm³/mol. The van der Waals surface area contributed by atoms with E-state index in [1.807, 2.05) is 24.3 Å². The van der Waals surface area contributed by atoms with Gasteiger partial charge in [-0.05, 0) is 24.3 Å². The topological polar surface area (TPSA) is 141 Å². The van der Waals surface area contributed by atoms with Crippen molar-refractivity contribution < 1.29 is 23.7 Å². The van der Waals surface area contributed by atoms with E-state index in [0.29, 0.717) is 81.0 Å². The first kappa shape index (κ1) is 29.1. The number of hydrogen-bond acceptors (Lipinski definition) is 11. The maximum atomic E-state index is 12.0. The zero-order valence-corrected chi connectivity index (χ0v) is 22.2. The van der Waals surface area contributed by atoms with Crippen molar-refractivity contribution >= 4 is 29.4 Å². The van der Waals surface area contributed by atoms with Gasteiger partial charge in [0.1, 0.15) is 0 Å². The van der Waals surface area contributed by atoms with Crippen LogP contribution in [0.5, 0.6) is 11.5 Å². The van der Waals surface area contributed by atoms with E-state index in [1.165, 1.54) is 0 Å². The lowest BCUT2D eigenvalue weighted by Crippen LogP contribution is -2.27. The van der Waals surface area contributed by atoms with Gasteiger partial charge in [-0.2, -0.15) is 15.0 Å². The van der Waals surface area contributed by atoms with Crippen LogP contribution in [0.1, 0.15) is 10.4 Å². The SMILES string of the molecule is C=CCNc1nc(NCCOCCOCCNC(=O)c2ccccc2)nc(Nc2ccc(OC)c(OC)c2)n1. The van der Waals surface area contributed by atoms with Crippen LogP contribution in [0.25, 0.3) is 0 Å². The first-order valence-corrected chi connectivity index (χ1v) is 12.5. The number of rotatable bonds is 18. The molecule has 0 aliphatic rings. The minimum absolute atomic E-state index is 0.121. The number of nitrogens with zero attached hydrogens (tertiary/aromatic N) is 3. The number of carbonyl (C=O) groups excluding carboxylic acids is 1. The largest absolute Gasteiger partial charge is 0.493 e. The molecular formula is C27H35N7O5. The van der Waals surface area contributed by atoms with Gasteiger partial charge in [0.25, 0.3) is 5.91 Å². The molecule has 0 fully saturated rings. The Morgan fingerprint density at radius 2 is 1.49 bits per heavy atom. The van der Waals surface area contributed by atoms with Crippen LogP contribution < -0.4 is 30.7 Å². The van der Waals surface area contributed by atoms with Gasteiger partial charge in [-0.3, -0.25) is 4.79 Å². The minimum Gasteiger partial charge on any atom is -0.493 e. The van der Waals surface area contributed by atoms with Crippen molar-refractivity contribution in [2.75, 3.05) is 76.2 Å². The number of hydrogen-bond donors (Lipinski definition) is 4. The summed E-state index contributed by atoms with van der Waals surface area (Å²) in [7, 11) is 3.16. The summed E-state index contributed by atoms with van der Waals surface area (Å²) in [6.07, 6.45) is 1.71. The average Bonchev–Trinajstić information content (AvgIpc) is 2.97. The lowest BCUT2D eigenvalue weighted by molar-refractivity contribution is 0.0519. The number of carbonyl (C=O) groups is 1. The molecule has 0 radical (unpaired) electrons. The van der Waals surface area contributed by atoms with E-state index < -0.39 is 0 Å². The molecule has 0 saturated heterocycles. The quantitative estimate of drug-likeness (QED) is 0.140. The fraction of sp³-hybridized carbons (Fsp3) is 0.333. The molecule has 39 heavy (non-hydrogen) atoms. The smallest absolute Gasteiger partial charge is 0.251 e. The third-order valence-corrected chi connectivity index (χ3v) is 5.15. The van der Waals surface area contributed by atoms with Gasteiger partial charge in [0, 0.05) is 37.0 Å². The van der Waals surface area contributed by atoms with Crippen molar-refractivity contribution in [3.63, 3.8) is 0 Å². The number of nitrogens with one attached hydrogen (secondary N) is 4. The summed E-state index contributed by atoms with van der Waals surface area (Å²) in [6.45, 7) is 6.78. The van der Waals surface area contributed by atoms with Gasteiger partial charge in [0.15, 0.2) is 11.5 Å². The second-order valence-corrected chi connectivity index (χ2v) is 7.94. The van der Waals surface area contributed by atoms with E-state index in [-0.39, 0.29) is 5.91 Å². The molecule has 2 aromatic carbocycles. The van der Waals surface area contributed by atoms with Crippen LogP contribution in [0, 0.1) is 0 Å². The van der Waals surface area contributed by atoms with Crippen molar-refractivity contribution in [3.05, 3.63) is 66.7 Å². The van der Waals surface area contributed by atoms with Crippen molar-refractivity contribution in [2.45, 2.75) is 0 Å². The van der Waals surface area contributed by atoms with Gasteiger partial charge < -0.3 is 40.2 Å². The van der Waals surface area contributed by atoms with E-state index >= 15 is 0 Å². The Bertz CT molecular complexity index is 1180. The van der Waals surface area contributed by atoms with Crippen LogP contribution in [0.2, 0.25) is 0 Å². The number of ether oxygens (including phenoxy) is 4. The highest BCUT2D eigenvalue weighted by atomic mass is 16.5. The van der Waals surface area contributed by atoms with E-state index in [1.54, 1.807) is 44.6 Å².